The summed E-state index contributed by atoms with van der Waals surface area (Å²) in [6.45, 7) is 12.3. The molecule has 0 saturated carbocycles. The van der Waals surface area contributed by atoms with Crippen LogP contribution in [0.5, 0.6) is 0 Å². The van der Waals surface area contributed by atoms with E-state index >= 15 is 0 Å². The number of hydrogen-bond acceptors (Lipinski definition) is 4. The number of amides is 1. The van der Waals surface area contributed by atoms with Crippen molar-refractivity contribution in [2.24, 2.45) is 0 Å². The smallest absolute Gasteiger partial charge is 0.219 e. The van der Waals surface area contributed by atoms with Crippen LogP contribution in [0.4, 0.5) is 0 Å². The average molecular weight is 317 g/mol. The Morgan fingerprint density at radius 2 is 1.81 bits per heavy atom. The molecule has 2 aliphatic rings. The third-order valence-corrected chi connectivity index (χ3v) is 6.88. The number of carbonyl (C=O) groups excluding carboxylic acids is 1. The Bertz CT molecular complexity index is 516. The van der Waals surface area contributed by atoms with Gasteiger partial charge in [0.05, 0.1) is 5.25 Å². The van der Waals surface area contributed by atoms with Gasteiger partial charge in [-0.05, 0) is 27.7 Å². The molecule has 2 saturated heterocycles. The Hall–Kier alpha value is -0.660. The van der Waals surface area contributed by atoms with Crippen molar-refractivity contribution < 1.29 is 13.2 Å². The van der Waals surface area contributed by atoms with Gasteiger partial charge in [-0.2, -0.15) is 4.31 Å². The third kappa shape index (κ3) is 3.10. The summed E-state index contributed by atoms with van der Waals surface area (Å²) >= 11 is 0. The number of rotatable bonds is 2. The number of hydrogen-bond donors (Lipinski definition) is 0. The van der Waals surface area contributed by atoms with E-state index in [4.69, 9.17) is 0 Å². The highest BCUT2D eigenvalue weighted by molar-refractivity contribution is 7.89. The lowest BCUT2D eigenvalue weighted by Crippen LogP contribution is -2.70. The average Bonchev–Trinajstić information content (AvgIpc) is 2.36. The SMILES string of the molecule is CC(=O)N1CC2CN(S(=O)(=O)C(C)C)CCN2C(C)(C)C1. The molecule has 0 bridgehead atoms. The van der Waals surface area contributed by atoms with Crippen LogP contribution in [-0.4, -0.2) is 78.0 Å². The molecule has 21 heavy (non-hydrogen) atoms. The minimum Gasteiger partial charge on any atom is -0.339 e. The molecule has 1 unspecified atom stereocenters. The van der Waals surface area contributed by atoms with E-state index in [9.17, 15) is 13.2 Å². The van der Waals surface area contributed by atoms with Gasteiger partial charge >= 0.3 is 0 Å². The molecule has 2 heterocycles. The summed E-state index contributed by atoms with van der Waals surface area (Å²) in [6, 6.07) is 0.0833. The fourth-order valence-corrected chi connectivity index (χ4v) is 4.74. The maximum atomic E-state index is 12.4. The zero-order valence-electron chi connectivity index (χ0n) is 13.7. The Morgan fingerprint density at radius 3 is 2.33 bits per heavy atom. The number of fused-ring (bicyclic) bond motifs is 1. The lowest BCUT2D eigenvalue weighted by molar-refractivity contribution is -0.138. The van der Waals surface area contributed by atoms with Crippen molar-refractivity contribution in [3.8, 4) is 0 Å². The Labute approximate surface area is 128 Å². The van der Waals surface area contributed by atoms with Crippen molar-refractivity contribution >= 4 is 15.9 Å². The molecule has 1 atom stereocenters. The van der Waals surface area contributed by atoms with Gasteiger partial charge in [0.2, 0.25) is 15.9 Å². The molecule has 0 spiro atoms. The molecule has 0 aromatic heterocycles. The topological polar surface area (TPSA) is 60.9 Å². The predicted molar refractivity (Wildman–Crippen MR) is 82.5 cm³/mol. The predicted octanol–water partition coefficient (Wildman–Crippen LogP) is 0.352. The zero-order chi connectivity index (χ0) is 16.0. The highest BCUT2D eigenvalue weighted by Gasteiger charge is 2.45. The minimum absolute atomic E-state index is 0.0616. The van der Waals surface area contributed by atoms with Gasteiger partial charge in [0, 0.05) is 51.2 Å². The first-order valence-electron chi connectivity index (χ1n) is 7.57. The number of piperazine rings is 2. The van der Waals surface area contributed by atoms with Crippen LogP contribution in [-0.2, 0) is 14.8 Å². The summed E-state index contributed by atoms with van der Waals surface area (Å²) in [4.78, 5) is 15.9. The second kappa shape index (κ2) is 5.52. The quantitative estimate of drug-likeness (QED) is 0.737. The lowest BCUT2D eigenvalue weighted by Gasteiger charge is -2.55. The van der Waals surface area contributed by atoms with Gasteiger partial charge in [0.15, 0.2) is 0 Å². The largest absolute Gasteiger partial charge is 0.339 e. The van der Waals surface area contributed by atoms with Gasteiger partial charge in [-0.15, -0.1) is 0 Å². The first-order chi connectivity index (χ1) is 9.55. The van der Waals surface area contributed by atoms with Crippen molar-refractivity contribution in [2.75, 3.05) is 32.7 Å². The number of nitrogens with zero attached hydrogens (tertiary/aromatic N) is 3. The van der Waals surface area contributed by atoms with Crippen molar-refractivity contribution in [3.05, 3.63) is 0 Å². The maximum absolute atomic E-state index is 12.4. The normalized spacial score (nSPS) is 27.7. The molecule has 2 fully saturated rings. The van der Waals surface area contributed by atoms with E-state index in [-0.39, 0.29) is 17.5 Å². The summed E-state index contributed by atoms with van der Waals surface area (Å²) in [5.41, 5.74) is -0.109. The van der Waals surface area contributed by atoms with Crippen LogP contribution in [0, 0.1) is 0 Å². The van der Waals surface area contributed by atoms with E-state index in [0.717, 1.165) is 6.54 Å². The fourth-order valence-electron chi connectivity index (χ4n) is 3.43. The molecule has 122 valence electrons. The van der Waals surface area contributed by atoms with Gasteiger partial charge < -0.3 is 4.90 Å². The molecule has 0 aliphatic carbocycles. The number of sulfonamides is 1. The van der Waals surface area contributed by atoms with Crippen molar-refractivity contribution in [3.63, 3.8) is 0 Å². The Kier molecular flexibility index (Phi) is 4.39. The van der Waals surface area contributed by atoms with E-state index in [2.05, 4.69) is 18.7 Å². The summed E-state index contributed by atoms with van der Waals surface area (Å²) in [5, 5.41) is -0.399. The van der Waals surface area contributed by atoms with Crippen molar-refractivity contribution in [2.45, 2.75) is 51.4 Å². The molecule has 2 rings (SSSR count). The van der Waals surface area contributed by atoms with E-state index in [1.54, 1.807) is 25.1 Å². The van der Waals surface area contributed by atoms with E-state index in [1.807, 2.05) is 4.90 Å². The van der Waals surface area contributed by atoms with Crippen molar-refractivity contribution in [1.82, 2.24) is 14.1 Å². The van der Waals surface area contributed by atoms with Gasteiger partial charge in [-0.25, -0.2) is 8.42 Å². The van der Waals surface area contributed by atoms with Crippen LogP contribution in [0.3, 0.4) is 0 Å². The summed E-state index contributed by atoms with van der Waals surface area (Å²) in [5.74, 6) is 0.0616. The lowest BCUT2D eigenvalue weighted by atomic mass is 9.93. The Morgan fingerprint density at radius 1 is 1.19 bits per heavy atom. The minimum atomic E-state index is -3.22. The standard InChI is InChI=1S/C14H27N3O3S/c1-11(2)21(19,20)16-6-7-17-13(9-16)8-15(12(3)18)10-14(17,4)5/h11,13H,6-10H2,1-5H3. The molecule has 2 aliphatic heterocycles. The molecule has 6 nitrogen and oxygen atoms in total. The van der Waals surface area contributed by atoms with Crippen molar-refractivity contribution in [1.29, 1.82) is 0 Å². The summed E-state index contributed by atoms with van der Waals surface area (Å²) in [7, 11) is -3.22. The van der Waals surface area contributed by atoms with Crippen LogP contribution in [0.25, 0.3) is 0 Å². The Balaban J connectivity index is 2.20. The maximum Gasteiger partial charge on any atom is 0.219 e. The third-order valence-electron chi connectivity index (χ3n) is 4.63. The van der Waals surface area contributed by atoms with Gasteiger partial charge in [-0.1, -0.05) is 0 Å². The zero-order valence-corrected chi connectivity index (χ0v) is 14.5. The number of carbonyl (C=O) groups is 1. The summed E-state index contributed by atoms with van der Waals surface area (Å²) < 4.78 is 26.3. The molecule has 0 N–H and O–H groups in total. The van der Waals surface area contributed by atoms with Crippen LogP contribution in [0.2, 0.25) is 0 Å². The van der Waals surface area contributed by atoms with E-state index < -0.39 is 15.3 Å². The molecule has 0 aromatic carbocycles. The molecular formula is C14H27N3O3S. The summed E-state index contributed by atoms with van der Waals surface area (Å²) in [6.07, 6.45) is 0. The second-order valence-corrected chi connectivity index (χ2v) is 9.50. The van der Waals surface area contributed by atoms with Crippen LogP contribution < -0.4 is 0 Å². The molecule has 0 radical (unpaired) electrons. The highest BCUT2D eigenvalue weighted by Crippen LogP contribution is 2.29. The van der Waals surface area contributed by atoms with Crippen LogP contribution in [0.1, 0.15) is 34.6 Å². The van der Waals surface area contributed by atoms with Crippen LogP contribution in [0.15, 0.2) is 0 Å². The highest BCUT2D eigenvalue weighted by atomic mass is 32.2. The van der Waals surface area contributed by atoms with E-state index in [0.29, 0.717) is 26.2 Å². The molecule has 1 amide bonds. The monoisotopic (exact) mass is 317 g/mol. The molecule has 7 heteroatoms. The van der Waals surface area contributed by atoms with Gasteiger partial charge in [0.25, 0.3) is 0 Å². The van der Waals surface area contributed by atoms with E-state index in [1.165, 1.54) is 0 Å². The molecular weight excluding hydrogens is 290 g/mol. The molecule has 0 aromatic rings. The second-order valence-electron chi connectivity index (χ2n) is 7.01. The first-order valence-corrected chi connectivity index (χ1v) is 9.07. The first kappa shape index (κ1) is 16.7. The van der Waals surface area contributed by atoms with Gasteiger partial charge in [0.1, 0.15) is 0 Å². The van der Waals surface area contributed by atoms with Gasteiger partial charge in [-0.3, -0.25) is 9.69 Å². The van der Waals surface area contributed by atoms with Crippen LogP contribution >= 0.6 is 0 Å². The fraction of sp³-hybridized carbons (Fsp3) is 0.929.